The summed E-state index contributed by atoms with van der Waals surface area (Å²) in [7, 11) is 1.62. The van der Waals surface area contributed by atoms with Crippen molar-refractivity contribution in [3.63, 3.8) is 0 Å². The van der Waals surface area contributed by atoms with Crippen molar-refractivity contribution in [3.05, 3.63) is 30.2 Å². The van der Waals surface area contributed by atoms with E-state index >= 15 is 0 Å². The third-order valence-corrected chi connectivity index (χ3v) is 2.50. The zero-order chi connectivity index (χ0) is 12.8. The lowest BCUT2D eigenvalue weighted by Gasteiger charge is -1.98. The maximum Gasteiger partial charge on any atom is 0.226 e. The minimum absolute atomic E-state index is 0.500. The molecular formula is C13H13N3O2. The third kappa shape index (κ3) is 2.86. The second-order valence-corrected chi connectivity index (χ2v) is 3.75. The summed E-state index contributed by atoms with van der Waals surface area (Å²) in [6, 6.07) is 9.54. The highest BCUT2D eigenvalue weighted by molar-refractivity contribution is 5.55. The topological polar surface area (TPSA) is 71.9 Å². The first kappa shape index (κ1) is 12.1. The van der Waals surface area contributed by atoms with Gasteiger partial charge in [0.25, 0.3) is 0 Å². The molecule has 0 aliphatic rings. The first-order valence-electron chi connectivity index (χ1n) is 5.67. The monoisotopic (exact) mass is 243 g/mol. The number of unbranched alkanes of at least 4 members (excludes halogenated alkanes) is 1. The molecule has 0 N–H and O–H groups in total. The van der Waals surface area contributed by atoms with Crippen LogP contribution in [0, 0.1) is 11.3 Å². The molecule has 5 nitrogen and oxygen atoms in total. The minimum Gasteiger partial charge on any atom is -0.497 e. The van der Waals surface area contributed by atoms with Gasteiger partial charge >= 0.3 is 0 Å². The predicted octanol–water partition coefficient (Wildman–Crippen LogP) is 2.59. The Morgan fingerprint density at radius 3 is 2.78 bits per heavy atom. The van der Waals surface area contributed by atoms with Crippen molar-refractivity contribution in [3.8, 4) is 23.2 Å². The standard InChI is InChI=1S/C13H13N3O2/c1-17-11-7-5-10(6-8-11)13-15-12(18-16-13)4-2-3-9-14/h5-8H,2-4H2,1H3. The average Bonchev–Trinajstić information content (AvgIpc) is 2.88. The van der Waals surface area contributed by atoms with E-state index in [1.807, 2.05) is 24.3 Å². The summed E-state index contributed by atoms with van der Waals surface area (Å²) in [5.41, 5.74) is 0.881. The Labute approximate surface area is 105 Å². The summed E-state index contributed by atoms with van der Waals surface area (Å²) >= 11 is 0. The molecule has 0 aliphatic carbocycles. The lowest BCUT2D eigenvalue weighted by molar-refractivity contribution is 0.376. The number of nitriles is 1. The fourth-order valence-corrected chi connectivity index (χ4v) is 1.53. The summed E-state index contributed by atoms with van der Waals surface area (Å²) in [6.07, 6.45) is 1.87. The number of ether oxygens (including phenoxy) is 1. The molecule has 0 aliphatic heterocycles. The quantitative estimate of drug-likeness (QED) is 0.755. The SMILES string of the molecule is COc1ccc(-c2noc(CCCC#N)n2)cc1. The van der Waals surface area contributed by atoms with Crippen molar-refractivity contribution in [2.24, 2.45) is 0 Å². The molecular weight excluding hydrogens is 230 g/mol. The van der Waals surface area contributed by atoms with E-state index in [1.165, 1.54) is 0 Å². The second-order valence-electron chi connectivity index (χ2n) is 3.75. The number of aromatic nitrogens is 2. The highest BCUT2D eigenvalue weighted by Crippen LogP contribution is 2.19. The van der Waals surface area contributed by atoms with Crippen molar-refractivity contribution >= 4 is 0 Å². The van der Waals surface area contributed by atoms with Crippen molar-refractivity contribution < 1.29 is 9.26 Å². The van der Waals surface area contributed by atoms with Gasteiger partial charge in [0.2, 0.25) is 11.7 Å². The molecule has 5 heteroatoms. The second kappa shape index (κ2) is 5.82. The van der Waals surface area contributed by atoms with Crippen LogP contribution in [-0.4, -0.2) is 17.3 Å². The molecule has 0 amide bonds. The molecule has 92 valence electrons. The predicted molar refractivity (Wildman–Crippen MR) is 64.8 cm³/mol. The van der Waals surface area contributed by atoms with Crippen molar-refractivity contribution in [2.45, 2.75) is 19.3 Å². The number of hydrogen-bond acceptors (Lipinski definition) is 5. The highest BCUT2D eigenvalue weighted by atomic mass is 16.5. The van der Waals surface area contributed by atoms with Crippen LogP contribution < -0.4 is 4.74 Å². The molecule has 0 atom stereocenters. The van der Waals surface area contributed by atoms with E-state index in [-0.39, 0.29) is 0 Å². The molecule has 1 aromatic heterocycles. The highest BCUT2D eigenvalue weighted by Gasteiger charge is 2.08. The van der Waals surface area contributed by atoms with E-state index in [4.69, 9.17) is 14.5 Å². The Balaban J connectivity index is 2.06. The van der Waals surface area contributed by atoms with Gasteiger partial charge in [-0.05, 0) is 30.7 Å². The Morgan fingerprint density at radius 2 is 2.11 bits per heavy atom. The van der Waals surface area contributed by atoms with Gasteiger partial charge in [0.1, 0.15) is 5.75 Å². The number of hydrogen-bond donors (Lipinski definition) is 0. The zero-order valence-electron chi connectivity index (χ0n) is 10.1. The lowest BCUT2D eigenvalue weighted by atomic mass is 10.2. The molecule has 0 fully saturated rings. The summed E-state index contributed by atoms with van der Waals surface area (Å²) in [4.78, 5) is 4.28. The van der Waals surface area contributed by atoms with Crippen LogP contribution in [0.1, 0.15) is 18.7 Å². The summed E-state index contributed by atoms with van der Waals surface area (Å²) < 4.78 is 10.2. The molecule has 0 radical (unpaired) electrons. The van der Waals surface area contributed by atoms with E-state index < -0.39 is 0 Å². The van der Waals surface area contributed by atoms with Gasteiger partial charge in [-0.25, -0.2) is 0 Å². The number of aryl methyl sites for hydroxylation is 1. The fraction of sp³-hybridized carbons (Fsp3) is 0.308. The van der Waals surface area contributed by atoms with Crippen LogP contribution in [-0.2, 0) is 6.42 Å². The minimum atomic E-state index is 0.500. The Hall–Kier alpha value is -2.35. The molecule has 1 heterocycles. The summed E-state index contributed by atoms with van der Waals surface area (Å²) in [6.45, 7) is 0. The molecule has 2 aromatic rings. The molecule has 0 bridgehead atoms. The van der Waals surface area contributed by atoms with Gasteiger partial charge in [-0.3, -0.25) is 0 Å². The van der Waals surface area contributed by atoms with Gasteiger partial charge in [0, 0.05) is 18.4 Å². The van der Waals surface area contributed by atoms with E-state index in [2.05, 4.69) is 16.2 Å². The lowest BCUT2D eigenvalue weighted by Crippen LogP contribution is -1.86. The van der Waals surface area contributed by atoms with E-state index in [1.54, 1.807) is 7.11 Å². The van der Waals surface area contributed by atoms with Crippen LogP contribution >= 0.6 is 0 Å². The van der Waals surface area contributed by atoms with Crippen molar-refractivity contribution in [1.29, 1.82) is 5.26 Å². The molecule has 0 saturated carbocycles. The Kier molecular flexibility index (Phi) is 3.92. The van der Waals surface area contributed by atoms with E-state index in [0.29, 0.717) is 24.6 Å². The molecule has 2 rings (SSSR count). The molecule has 1 aromatic carbocycles. The third-order valence-electron chi connectivity index (χ3n) is 2.50. The van der Waals surface area contributed by atoms with Crippen molar-refractivity contribution in [2.75, 3.05) is 7.11 Å². The average molecular weight is 243 g/mol. The first-order valence-corrected chi connectivity index (χ1v) is 5.67. The number of benzene rings is 1. The number of nitrogens with zero attached hydrogens (tertiary/aromatic N) is 3. The summed E-state index contributed by atoms with van der Waals surface area (Å²) in [5.74, 6) is 1.91. The molecule has 0 spiro atoms. The smallest absolute Gasteiger partial charge is 0.226 e. The number of methoxy groups -OCH3 is 1. The van der Waals surface area contributed by atoms with E-state index in [0.717, 1.165) is 17.7 Å². The van der Waals surface area contributed by atoms with Gasteiger partial charge in [-0.1, -0.05) is 5.16 Å². The van der Waals surface area contributed by atoms with Gasteiger partial charge in [-0.2, -0.15) is 10.2 Å². The van der Waals surface area contributed by atoms with Crippen molar-refractivity contribution in [1.82, 2.24) is 10.1 Å². The maximum atomic E-state index is 8.45. The van der Waals surface area contributed by atoms with Crippen LogP contribution in [0.4, 0.5) is 0 Å². The molecule has 18 heavy (non-hydrogen) atoms. The fourth-order valence-electron chi connectivity index (χ4n) is 1.53. The summed E-state index contributed by atoms with van der Waals surface area (Å²) in [5, 5.41) is 12.4. The zero-order valence-corrected chi connectivity index (χ0v) is 10.1. The Morgan fingerprint density at radius 1 is 1.33 bits per heavy atom. The largest absolute Gasteiger partial charge is 0.497 e. The first-order chi connectivity index (χ1) is 8.83. The van der Waals surface area contributed by atoms with Crippen LogP contribution in [0.25, 0.3) is 11.4 Å². The van der Waals surface area contributed by atoms with Crippen LogP contribution in [0.5, 0.6) is 5.75 Å². The normalized spacial score (nSPS) is 10.0. The van der Waals surface area contributed by atoms with Gasteiger partial charge in [-0.15, -0.1) is 0 Å². The van der Waals surface area contributed by atoms with Crippen LogP contribution in [0.3, 0.4) is 0 Å². The Bertz CT molecular complexity index is 540. The van der Waals surface area contributed by atoms with Crippen LogP contribution in [0.2, 0.25) is 0 Å². The van der Waals surface area contributed by atoms with Gasteiger partial charge in [0.15, 0.2) is 0 Å². The molecule has 0 unspecified atom stereocenters. The van der Waals surface area contributed by atoms with Gasteiger partial charge in [0.05, 0.1) is 13.2 Å². The van der Waals surface area contributed by atoms with Gasteiger partial charge < -0.3 is 9.26 Å². The molecule has 0 saturated heterocycles. The maximum absolute atomic E-state index is 8.45. The van der Waals surface area contributed by atoms with E-state index in [9.17, 15) is 0 Å². The van der Waals surface area contributed by atoms with Crippen LogP contribution in [0.15, 0.2) is 28.8 Å². The number of rotatable bonds is 5.